The lowest BCUT2D eigenvalue weighted by atomic mass is 10.3. The first kappa shape index (κ1) is 11.1. The molecule has 1 aromatic heterocycles. The second kappa shape index (κ2) is 4.50. The summed E-state index contributed by atoms with van der Waals surface area (Å²) >= 11 is 0. The van der Waals surface area contributed by atoms with Crippen LogP contribution < -0.4 is 0 Å². The van der Waals surface area contributed by atoms with Gasteiger partial charge in [-0.25, -0.2) is 9.37 Å². The molecule has 0 saturated heterocycles. The molecule has 1 N–H and O–H groups in total. The summed E-state index contributed by atoms with van der Waals surface area (Å²) in [6, 6.07) is 2.30. The number of aromatic nitrogens is 1. The van der Waals surface area contributed by atoms with Crippen LogP contribution in [0.4, 0.5) is 4.39 Å². The van der Waals surface area contributed by atoms with E-state index < -0.39 is 24.2 Å². The van der Waals surface area contributed by atoms with Crippen molar-refractivity contribution in [3.05, 3.63) is 29.8 Å². The van der Waals surface area contributed by atoms with Gasteiger partial charge in [-0.15, -0.1) is 0 Å². The zero-order valence-electron chi connectivity index (χ0n) is 7.98. The lowest BCUT2D eigenvalue weighted by Crippen LogP contribution is -2.32. The average molecular weight is 212 g/mol. The van der Waals surface area contributed by atoms with E-state index in [0.29, 0.717) is 0 Å². The smallest absolute Gasteiger partial charge is 0.323 e. The molecule has 0 aliphatic heterocycles. The monoisotopic (exact) mass is 212 g/mol. The molecule has 0 unspecified atom stereocenters. The van der Waals surface area contributed by atoms with Gasteiger partial charge < -0.3 is 10.0 Å². The number of halogens is 1. The summed E-state index contributed by atoms with van der Waals surface area (Å²) < 4.78 is 12.5. The normalized spacial score (nSPS) is 9.73. The van der Waals surface area contributed by atoms with Crippen LogP contribution >= 0.6 is 0 Å². The summed E-state index contributed by atoms with van der Waals surface area (Å²) in [6.45, 7) is -0.419. The minimum absolute atomic E-state index is 0.0140. The van der Waals surface area contributed by atoms with Crippen LogP contribution in [0.2, 0.25) is 0 Å². The fraction of sp³-hybridized carbons (Fsp3) is 0.222. The third-order valence-electron chi connectivity index (χ3n) is 1.67. The number of hydrogen-bond acceptors (Lipinski definition) is 3. The molecule has 0 atom stereocenters. The third kappa shape index (κ3) is 3.01. The number of nitrogens with zero attached hydrogens (tertiary/aromatic N) is 2. The molecule has 0 aromatic carbocycles. The number of likely N-dealkylation sites (N-methyl/N-ethyl adjacent to an activating group) is 1. The Morgan fingerprint density at radius 3 is 2.67 bits per heavy atom. The van der Waals surface area contributed by atoms with E-state index in [0.717, 1.165) is 17.2 Å². The van der Waals surface area contributed by atoms with Gasteiger partial charge in [-0.2, -0.15) is 0 Å². The van der Waals surface area contributed by atoms with Gasteiger partial charge in [0.05, 0.1) is 6.20 Å². The predicted octanol–water partition coefficient (Wildman–Crippen LogP) is 0.377. The van der Waals surface area contributed by atoms with E-state index in [1.165, 1.54) is 13.1 Å². The van der Waals surface area contributed by atoms with E-state index in [-0.39, 0.29) is 5.69 Å². The van der Waals surface area contributed by atoms with E-state index in [4.69, 9.17) is 5.11 Å². The number of carboxylic acids is 1. The fourth-order valence-corrected chi connectivity index (χ4v) is 0.973. The van der Waals surface area contributed by atoms with Crippen LogP contribution in [-0.4, -0.2) is 40.5 Å². The molecular weight excluding hydrogens is 203 g/mol. The number of carbonyl (C=O) groups excluding carboxylic acids is 1. The van der Waals surface area contributed by atoms with Crippen molar-refractivity contribution in [1.82, 2.24) is 9.88 Å². The number of aliphatic carboxylic acids is 1. The highest BCUT2D eigenvalue weighted by Crippen LogP contribution is 2.01. The number of carboxylic acid groups (broad SMARTS) is 1. The van der Waals surface area contributed by atoms with Crippen LogP contribution in [0, 0.1) is 5.82 Å². The molecule has 0 bridgehead atoms. The van der Waals surface area contributed by atoms with E-state index in [1.807, 2.05) is 0 Å². The maximum atomic E-state index is 12.5. The van der Waals surface area contributed by atoms with Gasteiger partial charge in [-0.05, 0) is 12.1 Å². The minimum Gasteiger partial charge on any atom is -0.480 e. The van der Waals surface area contributed by atoms with Crippen molar-refractivity contribution in [2.45, 2.75) is 0 Å². The molecule has 1 aromatic rings. The molecule has 15 heavy (non-hydrogen) atoms. The Morgan fingerprint density at radius 1 is 1.53 bits per heavy atom. The minimum atomic E-state index is -1.12. The van der Waals surface area contributed by atoms with Gasteiger partial charge in [-0.3, -0.25) is 9.59 Å². The SMILES string of the molecule is CN(CC(=O)O)C(=O)c1ccc(F)cn1. The zero-order chi connectivity index (χ0) is 11.4. The van der Waals surface area contributed by atoms with Gasteiger partial charge in [0.15, 0.2) is 0 Å². The van der Waals surface area contributed by atoms with Crippen molar-refractivity contribution >= 4 is 11.9 Å². The van der Waals surface area contributed by atoms with Gasteiger partial charge in [0.25, 0.3) is 5.91 Å². The molecule has 0 aliphatic carbocycles. The van der Waals surface area contributed by atoms with Crippen LogP contribution in [0.5, 0.6) is 0 Å². The fourth-order valence-electron chi connectivity index (χ4n) is 0.973. The second-order valence-electron chi connectivity index (χ2n) is 2.92. The molecule has 1 amide bonds. The first-order valence-corrected chi connectivity index (χ1v) is 4.09. The molecule has 0 spiro atoms. The highest BCUT2D eigenvalue weighted by Gasteiger charge is 2.15. The van der Waals surface area contributed by atoms with Crippen LogP contribution in [-0.2, 0) is 4.79 Å². The summed E-state index contributed by atoms with van der Waals surface area (Å²) in [7, 11) is 1.33. The van der Waals surface area contributed by atoms with Crippen molar-refractivity contribution in [2.75, 3.05) is 13.6 Å². The Kier molecular flexibility index (Phi) is 3.33. The van der Waals surface area contributed by atoms with E-state index in [1.54, 1.807) is 0 Å². The molecule has 80 valence electrons. The van der Waals surface area contributed by atoms with Crippen molar-refractivity contribution in [3.8, 4) is 0 Å². The predicted molar refractivity (Wildman–Crippen MR) is 48.8 cm³/mol. The molecule has 0 fully saturated rings. The molecular formula is C9H9FN2O3. The largest absolute Gasteiger partial charge is 0.480 e. The molecule has 1 rings (SSSR count). The van der Waals surface area contributed by atoms with Crippen LogP contribution in [0.25, 0.3) is 0 Å². The summed E-state index contributed by atoms with van der Waals surface area (Å²) in [6.07, 6.45) is 0.905. The Labute approximate surface area is 85.2 Å². The summed E-state index contributed by atoms with van der Waals surface area (Å²) in [5, 5.41) is 8.45. The molecule has 0 saturated carbocycles. The highest BCUT2D eigenvalue weighted by molar-refractivity contribution is 5.93. The maximum Gasteiger partial charge on any atom is 0.323 e. The van der Waals surface area contributed by atoms with E-state index >= 15 is 0 Å². The lowest BCUT2D eigenvalue weighted by molar-refractivity contribution is -0.137. The summed E-state index contributed by atoms with van der Waals surface area (Å²) in [5.74, 6) is -2.22. The molecule has 0 aliphatic rings. The highest BCUT2D eigenvalue weighted by atomic mass is 19.1. The number of amides is 1. The van der Waals surface area contributed by atoms with Crippen molar-refractivity contribution < 1.29 is 19.1 Å². The van der Waals surface area contributed by atoms with Crippen LogP contribution in [0.1, 0.15) is 10.5 Å². The quantitative estimate of drug-likeness (QED) is 0.786. The molecule has 1 heterocycles. The lowest BCUT2D eigenvalue weighted by Gasteiger charge is -2.13. The Morgan fingerprint density at radius 2 is 2.20 bits per heavy atom. The number of hydrogen-bond donors (Lipinski definition) is 1. The molecule has 5 nitrogen and oxygen atoms in total. The molecule has 0 radical (unpaired) electrons. The second-order valence-corrected chi connectivity index (χ2v) is 2.92. The third-order valence-corrected chi connectivity index (χ3v) is 1.67. The first-order valence-electron chi connectivity index (χ1n) is 4.09. The van der Waals surface area contributed by atoms with Crippen molar-refractivity contribution in [1.29, 1.82) is 0 Å². The topological polar surface area (TPSA) is 70.5 Å². The van der Waals surface area contributed by atoms with Crippen molar-refractivity contribution in [2.24, 2.45) is 0 Å². The van der Waals surface area contributed by atoms with E-state index in [9.17, 15) is 14.0 Å². The van der Waals surface area contributed by atoms with Gasteiger partial charge >= 0.3 is 5.97 Å². The standard InChI is InChI=1S/C9H9FN2O3/c1-12(5-8(13)14)9(15)7-3-2-6(10)4-11-7/h2-4H,5H2,1H3,(H,13,14). The van der Waals surface area contributed by atoms with E-state index in [2.05, 4.69) is 4.98 Å². The first-order chi connectivity index (χ1) is 7.00. The Balaban J connectivity index is 2.76. The summed E-state index contributed by atoms with van der Waals surface area (Å²) in [5.41, 5.74) is 0.0140. The van der Waals surface area contributed by atoms with Gasteiger partial charge in [0, 0.05) is 7.05 Å². The maximum absolute atomic E-state index is 12.5. The van der Waals surface area contributed by atoms with Crippen LogP contribution in [0.15, 0.2) is 18.3 Å². The van der Waals surface area contributed by atoms with Crippen molar-refractivity contribution in [3.63, 3.8) is 0 Å². The van der Waals surface area contributed by atoms with Crippen LogP contribution in [0.3, 0.4) is 0 Å². The zero-order valence-corrected chi connectivity index (χ0v) is 7.98. The van der Waals surface area contributed by atoms with Gasteiger partial charge in [-0.1, -0.05) is 0 Å². The summed E-state index contributed by atoms with van der Waals surface area (Å²) in [4.78, 5) is 26.3. The Bertz CT molecular complexity index is 377. The number of rotatable bonds is 3. The van der Waals surface area contributed by atoms with Gasteiger partial charge in [0.1, 0.15) is 18.1 Å². The van der Waals surface area contributed by atoms with Gasteiger partial charge in [0.2, 0.25) is 0 Å². The average Bonchev–Trinajstić information content (AvgIpc) is 2.17. The number of carbonyl (C=O) groups is 2. The Hall–Kier alpha value is -1.98. The number of pyridine rings is 1. The molecule has 6 heteroatoms.